The summed E-state index contributed by atoms with van der Waals surface area (Å²) in [7, 11) is -0.0571. The number of rotatable bonds is 6. The Balaban J connectivity index is 2.74. The van der Waals surface area contributed by atoms with Gasteiger partial charge in [0.2, 0.25) is 8.32 Å². The van der Waals surface area contributed by atoms with E-state index >= 15 is 0 Å². The van der Waals surface area contributed by atoms with E-state index < -0.39 is 8.32 Å². The number of nitrogens with one attached hydrogen (secondary N) is 1. The maximum absolute atomic E-state index is 5.73. The fourth-order valence-electron chi connectivity index (χ4n) is 1.52. The van der Waals surface area contributed by atoms with Crippen LogP contribution in [0.3, 0.4) is 0 Å². The lowest BCUT2D eigenvalue weighted by Gasteiger charge is -2.26. The Bertz CT molecular complexity index is 320. The van der Waals surface area contributed by atoms with Gasteiger partial charge in [0.25, 0.3) is 0 Å². The topological polar surface area (TPSA) is 47.3 Å². The molecule has 16 heavy (non-hydrogen) atoms. The van der Waals surface area contributed by atoms with Crippen LogP contribution in [0.25, 0.3) is 0 Å². The van der Waals surface area contributed by atoms with Crippen LogP contribution in [-0.4, -0.2) is 34.7 Å². The Morgan fingerprint density at radius 1 is 1.38 bits per heavy atom. The van der Waals surface area contributed by atoms with Gasteiger partial charge in [-0.15, -0.1) is 0 Å². The Hall–Kier alpha value is -0.203. The zero-order valence-electron chi connectivity index (χ0n) is 9.79. The second kappa shape index (κ2) is 6.51. The van der Waals surface area contributed by atoms with E-state index in [-0.39, 0.29) is 0 Å². The molecule has 3 nitrogen and oxygen atoms in total. The summed E-state index contributed by atoms with van der Waals surface area (Å²) < 4.78 is 6.83. The van der Waals surface area contributed by atoms with E-state index in [2.05, 4.69) is 52.1 Å². The highest BCUT2D eigenvalue weighted by Crippen LogP contribution is 2.09. The molecule has 0 aromatic heterocycles. The van der Waals surface area contributed by atoms with Gasteiger partial charge in [0.05, 0.1) is 0 Å². The average molecular weight is 303 g/mol. The van der Waals surface area contributed by atoms with Gasteiger partial charge < -0.3 is 15.5 Å². The monoisotopic (exact) mass is 302 g/mol. The summed E-state index contributed by atoms with van der Waals surface area (Å²) in [6, 6.07) is 8.37. The van der Waals surface area contributed by atoms with E-state index in [9.17, 15) is 0 Å². The summed E-state index contributed by atoms with van der Waals surface area (Å²) in [5.41, 5.74) is 5.46. The molecule has 0 heterocycles. The van der Waals surface area contributed by atoms with Crippen molar-refractivity contribution >= 4 is 29.4 Å². The quantitative estimate of drug-likeness (QED) is 0.608. The lowest BCUT2D eigenvalue weighted by atomic mass is 10.4. The molecular weight excluding hydrogens is 284 g/mol. The van der Waals surface area contributed by atoms with E-state index in [0.717, 1.165) is 17.2 Å². The molecule has 0 saturated carbocycles. The average Bonchev–Trinajstić information content (AvgIpc) is 2.30. The molecule has 90 valence electrons. The van der Waals surface area contributed by atoms with Crippen molar-refractivity contribution in [2.24, 2.45) is 5.73 Å². The summed E-state index contributed by atoms with van der Waals surface area (Å²) in [6.45, 7) is 3.71. The SMILES string of the molecule is CO[Si](C)(CNCCN)c1ccc(Br)cc1. The number of halogens is 1. The predicted molar refractivity (Wildman–Crippen MR) is 74.3 cm³/mol. The molecule has 0 aliphatic heterocycles. The third-order valence-corrected chi connectivity index (χ3v) is 6.60. The standard InChI is InChI=1S/C11H19BrN2OSi/c1-15-16(2,9-14-8-7-13)11-5-3-10(12)4-6-11/h3-6,14H,7-9,13H2,1-2H3. The van der Waals surface area contributed by atoms with E-state index in [4.69, 9.17) is 10.2 Å². The minimum Gasteiger partial charge on any atom is -0.414 e. The molecule has 0 aliphatic rings. The Morgan fingerprint density at radius 2 is 2.00 bits per heavy atom. The Morgan fingerprint density at radius 3 is 2.50 bits per heavy atom. The Kier molecular flexibility index (Phi) is 5.64. The second-order valence-corrected chi connectivity index (χ2v) is 8.62. The first-order chi connectivity index (χ1) is 7.62. The molecule has 1 rings (SSSR count). The third kappa shape index (κ3) is 3.67. The number of hydrogen-bond acceptors (Lipinski definition) is 3. The van der Waals surface area contributed by atoms with Crippen molar-refractivity contribution in [3.8, 4) is 0 Å². The van der Waals surface area contributed by atoms with Gasteiger partial charge in [-0.25, -0.2) is 0 Å². The van der Waals surface area contributed by atoms with Crippen molar-refractivity contribution in [2.45, 2.75) is 6.55 Å². The van der Waals surface area contributed by atoms with E-state index in [0.29, 0.717) is 6.54 Å². The van der Waals surface area contributed by atoms with Crippen molar-refractivity contribution < 1.29 is 4.43 Å². The van der Waals surface area contributed by atoms with Crippen LogP contribution in [0.15, 0.2) is 28.7 Å². The molecule has 0 aliphatic carbocycles. The van der Waals surface area contributed by atoms with Crippen molar-refractivity contribution in [3.63, 3.8) is 0 Å². The van der Waals surface area contributed by atoms with Gasteiger partial charge >= 0.3 is 0 Å². The van der Waals surface area contributed by atoms with Crippen LogP contribution in [-0.2, 0) is 4.43 Å². The van der Waals surface area contributed by atoms with Gasteiger partial charge in [0.15, 0.2) is 0 Å². The summed E-state index contributed by atoms with van der Waals surface area (Å²) in [5.74, 6) is 0. The smallest absolute Gasteiger partial charge is 0.234 e. The number of nitrogens with two attached hydrogens (primary N) is 1. The van der Waals surface area contributed by atoms with Crippen LogP contribution in [0, 0.1) is 0 Å². The fraction of sp³-hybridized carbons (Fsp3) is 0.455. The predicted octanol–water partition coefficient (Wildman–Crippen LogP) is 0.965. The lowest BCUT2D eigenvalue weighted by molar-refractivity contribution is 0.406. The maximum atomic E-state index is 5.73. The zero-order chi connectivity index (χ0) is 12.0. The molecule has 1 unspecified atom stereocenters. The first-order valence-corrected chi connectivity index (χ1v) is 8.75. The first kappa shape index (κ1) is 13.9. The molecule has 0 saturated heterocycles. The van der Waals surface area contributed by atoms with Crippen LogP contribution in [0.4, 0.5) is 0 Å². The van der Waals surface area contributed by atoms with Crippen molar-refractivity contribution in [2.75, 3.05) is 26.4 Å². The summed E-state index contributed by atoms with van der Waals surface area (Å²) in [6.07, 6.45) is 0.891. The number of hydrogen-bond donors (Lipinski definition) is 2. The molecular formula is C11H19BrN2OSi. The van der Waals surface area contributed by atoms with Crippen LogP contribution < -0.4 is 16.2 Å². The summed E-state index contributed by atoms with van der Waals surface area (Å²) in [4.78, 5) is 0. The lowest BCUT2D eigenvalue weighted by Crippen LogP contribution is -2.55. The van der Waals surface area contributed by atoms with E-state index in [1.54, 1.807) is 7.11 Å². The number of benzene rings is 1. The molecule has 1 aromatic rings. The maximum Gasteiger partial charge on any atom is 0.234 e. The highest BCUT2D eigenvalue weighted by Gasteiger charge is 2.29. The molecule has 1 aromatic carbocycles. The van der Waals surface area contributed by atoms with Crippen LogP contribution in [0.1, 0.15) is 0 Å². The van der Waals surface area contributed by atoms with Crippen molar-refractivity contribution in [1.82, 2.24) is 5.32 Å². The minimum absolute atomic E-state index is 0.661. The van der Waals surface area contributed by atoms with E-state index in [1.165, 1.54) is 5.19 Å². The normalized spacial score (nSPS) is 14.8. The van der Waals surface area contributed by atoms with Crippen LogP contribution in [0.5, 0.6) is 0 Å². The van der Waals surface area contributed by atoms with Gasteiger partial charge in [0, 0.05) is 30.8 Å². The molecule has 0 bridgehead atoms. The largest absolute Gasteiger partial charge is 0.414 e. The van der Waals surface area contributed by atoms with Gasteiger partial charge in [-0.3, -0.25) is 0 Å². The zero-order valence-corrected chi connectivity index (χ0v) is 12.4. The van der Waals surface area contributed by atoms with Crippen LogP contribution >= 0.6 is 15.9 Å². The van der Waals surface area contributed by atoms with Gasteiger partial charge in [-0.2, -0.15) is 0 Å². The molecule has 1 atom stereocenters. The molecule has 0 fully saturated rings. The fourth-order valence-corrected chi connectivity index (χ4v) is 3.90. The molecule has 0 amide bonds. The Labute approximate surface area is 107 Å². The third-order valence-electron chi connectivity index (χ3n) is 2.69. The summed E-state index contributed by atoms with van der Waals surface area (Å²) in [5, 5.41) is 4.63. The minimum atomic E-state index is -1.85. The van der Waals surface area contributed by atoms with Gasteiger partial charge in [-0.05, 0) is 23.9 Å². The molecule has 3 N–H and O–H groups in total. The molecule has 5 heteroatoms. The highest BCUT2D eigenvalue weighted by atomic mass is 79.9. The molecule has 0 spiro atoms. The van der Waals surface area contributed by atoms with E-state index in [1.807, 2.05) is 0 Å². The van der Waals surface area contributed by atoms with Gasteiger partial charge in [0.1, 0.15) is 0 Å². The highest BCUT2D eigenvalue weighted by molar-refractivity contribution is 9.10. The molecule has 0 radical (unpaired) electrons. The first-order valence-electron chi connectivity index (χ1n) is 5.34. The summed E-state index contributed by atoms with van der Waals surface area (Å²) >= 11 is 3.44. The van der Waals surface area contributed by atoms with Crippen molar-refractivity contribution in [1.29, 1.82) is 0 Å². The second-order valence-electron chi connectivity index (χ2n) is 3.91. The van der Waals surface area contributed by atoms with Crippen molar-refractivity contribution in [3.05, 3.63) is 28.7 Å². The van der Waals surface area contributed by atoms with Gasteiger partial charge in [-0.1, -0.05) is 28.1 Å². The van der Waals surface area contributed by atoms with Crippen LogP contribution in [0.2, 0.25) is 6.55 Å².